The summed E-state index contributed by atoms with van der Waals surface area (Å²) in [6.07, 6.45) is 0. The first-order valence-electron chi connectivity index (χ1n) is 7.39. The predicted octanol–water partition coefficient (Wildman–Crippen LogP) is 3.90. The van der Waals surface area contributed by atoms with E-state index in [0.717, 1.165) is 33.3 Å². The van der Waals surface area contributed by atoms with E-state index in [2.05, 4.69) is 4.98 Å². The van der Waals surface area contributed by atoms with Crippen molar-refractivity contribution in [3.05, 3.63) is 70.6 Å². The Labute approximate surface area is 131 Å². The Bertz CT molecular complexity index is 1140. The highest BCUT2D eigenvalue weighted by Gasteiger charge is 2.21. The number of aromatic nitrogens is 1. The number of hydrogen-bond acceptors (Lipinski definition) is 4. The van der Waals surface area contributed by atoms with Crippen LogP contribution in [0.3, 0.4) is 0 Å². The molecule has 0 unspecified atom stereocenters. The van der Waals surface area contributed by atoms with E-state index in [1.54, 1.807) is 6.07 Å². The second kappa shape index (κ2) is 4.43. The number of nitrogens with zero attached hydrogens (tertiary/aromatic N) is 1. The fourth-order valence-corrected chi connectivity index (χ4v) is 3.13. The Hall–Kier alpha value is -3.14. The largest absolute Gasteiger partial charge is 0.488 e. The lowest BCUT2D eigenvalue weighted by molar-refractivity contribution is 0.302. The minimum Gasteiger partial charge on any atom is -0.488 e. The van der Waals surface area contributed by atoms with E-state index in [9.17, 15) is 4.79 Å². The van der Waals surface area contributed by atoms with Crippen LogP contribution in [0.5, 0.6) is 5.75 Å². The van der Waals surface area contributed by atoms with E-state index < -0.39 is 5.63 Å². The maximum Gasteiger partial charge on any atom is 0.363 e. The van der Waals surface area contributed by atoms with Gasteiger partial charge in [0.1, 0.15) is 17.9 Å². The molecule has 0 aliphatic carbocycles. The topological polar surface area (TPSA) is 52.3 Å². The molecule has 2 aromatic heterocycles. The summed E-state index contributed by atoms with van der Waals surface area (Å²) in [4.78, 5) is 17.0. The van der Waals surface area contributed by atoms with Gasteiger partial charge in [-0.25, -0.2) is 9.78 Å². The highest BCUT2D eigenvalue weighted by Crippen LogP contribution is 2.37. The van der Waals surface area contributed by atoms with Gasteiger partial charge in [-0.3, -0.25) is 0 Å². The summed E-state index contributed by atoms with van der Waals surface area (Å²) >= 11 is 0. The lowest BCUT2D eigenvalue weighted by Gasteiger charge is -2.20. The lowest BCUT2D eigenvalue weighted by atomic mass is 10.00. The molecule has 4 aromatic rings. The quantitative estimate of drug-likeness (QED) is 0.365. The number of pyridine rings is 1. The van der Waals surface area contributed by atoms with Crippen molar-refractivity contribution >= 4 is 21.9 Å². The molecule has 2 aromatic carbocycles. The zero-order valence-electron chi connectivity index (χ0n) is 12.1. The van der Waals surface area contributed by atoms with Crippen LogP contribution in [0.2, 0.25) is 0 Å². The zero-order valence-corrected chi connectivity index (χ0v) is 12.1. The molecule has 0 saturated carbocycles. The van der Waals surface area contributed by atoms with Crippen LogP contribution in [0.15, 0.2) is 63.8 Å². The SMILES string of the molecule is O=c1oc2ccccc2c2cc3c(nc12)-c1ccccc1OC3. The predicted molar refractivity (Wildman–Crippen MR) is 87.6 cm³/mol. The van der Waals surface area contributed by atoms with Crippen LogP contribution in [-0.4, -0.2) is 4.98 Å². The summed E-state index contributed by atoms with van der Waals surface area (Å²) in [5.74, 6) is 0.789. The van der Waals surface area contributed by atoms with Gasteiger partial charge in [-0.05, 0) is 24.3 Å². The first-order chi connectivity index (χ1) is 11.3. The number of ether oxygens (including phenoxy) is 1. The van der Waals surface area contributed by atoms with Crippen molar-refractivity contribution in [1.29, 1.82) is 0 Å². The molecule has 0 fully saturated rings. The van der Waals surface area contributed by atoms with Gasteiger partial charge in [0.2, 0.25) is 0 Å². The summed E-state index contributed by atoms with van der Waals surface area (Å²) in [7, 11) is 0. The number of fused-ring (bicyclic) bond motifs is 6. The average Bonchev–Trinajstić information content (AvgIpc) is 2.60. The Balaban J connectivity index is 1.94. The van der Waals surface area contributed by atoms with Crippen LogP contribution < -0.4 is 10.4 Å². The van der Waals surface area contributed by atoms with Crippen molar-refractivity contribution in [3.63, 3.8) is 0 Å². The number of rotatable bonds is 0. The summed E-state index contributed by atoms with van der Waals surface area (Å²) in [5.41, 5.74) is 3.20. The second-order valence-electron chi connectivity index (χ2n) is 5.56. The van der Waals surface area contributed by atoms with Crippen molar-refractivity contribution in [2.24, 2.45) is 0 Å². The molecule has 0 N–H and O–H groups in total. The summed E-state index contributed by atoms with van der Waals surface area (Å²) in [5, 5.41) is 1.69. The van der Waals surface area contributed by atoms with E-state index in [1.165, 1.54) is 0 Å². The minimum absolute atomic E-state index is 0.360. The van der Waals surface area contributed by atoms with Gasteiger partial charge in [-0.2, -0.15) is 0 Å². The van der Waals surface area contributed by atoms with Crippen molar-refractivity contribution in [2.75, 3.05) is 0 Å². The molecular weight excluding hydrogens is 290 g/mol. The first-order valence-corrected chi connectivity index (χ1v) is 7.39. The van der Waals surface area contributed by atoms with E-state index in [1.807, 2.05) is 48.5 Å². The molecule has 0 bridgehead atoms. The van der Waals surface area contributed by atoms with Crippen molar-refractivity contribution in [2.45, 2.75) is 6.61 Å². The third-order valence-corrected chi connectivity index (χ3v) is 4.20. The van der Waals surface area contributed by atoms with Crippen molar-refractivity contribution in [3.8, 4) is 17.0 Å². The smallest absolute Gasteiger partial charge is 0.363 e. The Morgan fingerprint density at radius 2 is 1.78 bits per heavy atom. The molecule has 4 heteroatoms. The van der Waals surface area contributed by atoms with Gasteiger partial charge in [0.15, 0.2) is 5.52 Å². The van der Waals surface area contributed by atoms with Crippen LogP contribution in [0.25, 0.3) is 33.1 Å². The number of hydrogen-bond donors (Lipinski definition) is 0. The average molecular weight is 301 g/mol. The van der Waals surface area contributed by atoms with Crippen LogP contribution in [-0.2, 0) is 6.61 Å². The maximum absolute atomic E-state index is 12.3. The molecule has 110 valence electrons. The minimum atomic E-state index is -0.412. The second-order valence-corrected chi connectivity index (χ2v) is 5.56. The van der Waals surface area contributed by atoms with Gasteiger partial charge in [0, 0.05) is 21.9 Å². The first kappa shape index (κ1) is 12.4. The normalized spacial score (nSPS) is 12.7. The number of para-hydroxylation sites is 2. The molecule has 0 amide bonds. The highest BCUT2D eigenvalue weighted by molar-refractivity contribution is 6.04. The molecule has 4 nitrogen and oxygen atoms in total. The third kappa shape index (κ3) is 1.72. The Morgan fingerprint density at radius 1 is 0.957 bits per heavy atom. The van der Waals surface area contributed by atoms with Crippen LogP contribution in [0, 0.1) is 0 Å². The van der Waals surface area contributed by atoms with Crippen molar-refractivity contribution < 1.29 is 9.15 Å². The highest BCUT2D eigenvalue weighted by atomic mass is 16.5. The molecule has 3 heterocycles. The van der Waals surface area contributed by atoms with Crippen LogP contribution in [0.1, 0.15) is 5.56 Å². The molecule has 0 spiro atoms. The van der Waals surface area contributed by atoms with Gasteiger partial charge in [0.05, 0.1) is 5.69 Å². The van der Waals surface area contributed by atoms with E-state index in [4.69, 9.17) is 9.15 Å². The zero-order chi connectivity index (χ0) is 15.4. The molecule has 23 heavy (non-hydrogen) atoms. The summed E-state index contributed by atoms with van der Waals surface area (Å²) < 4.78 is 11.2. The molecule has 5 rings (SSSR count). The van der Waals surface area contributed by atoms with Crippen LogP contribution >= 0.6 is 0 Å². The van der Waals surface area contributed by atoms with Gasteiger partial charge in [-0.15, -0.1) is 0 Å². The Kier molecular flexibility index (Phi) is 2.39. The fourth-order valence-electron chi connectivity index (χ4n) is 3.13. The van der Waals surface area contributed by atoms with E-state index >= 15 is 0 Å². The maximum atomic E-state index is 12.3. The van der Waals surface area contributed by atoms with Gasteiger partial charge in [-0.1, -0.05) is 30.3 Å². The molecule has 0 atom stereocenters. The summed E-state index contributed by atoms with van der Waals surface area (Å²) in [6.45, 7) is 0.448. The Morgan fingerprint density at radius 3 is 2.74 bits per heavy atom. The molecule has 0 radical (unpaired) electrons. The molecule has 0 saturated heterocycles. The van der Waals surface area contributed by atoms with E-state index in [0.29, 0.717) is 17.7 Å². The van der Waals surface area contributed by atoms with Gasteiger partial charge in [0.25, 0.3) is 0 Å². The molecule has 1 aliphatic heterocycles. The third-order valence-electron chi connectivity index (χ3n) is 4.20. The standard InChI is InChI=1S/C19H11NO3/c21-19-18-14(12-5-1-4-8-16(12)23-19)9-11-10-22-15-7-3-2-6-13(15)17(11)20-18/h1-9H,10H2. The van der Waals surface area contributed by atoms with Gasteiger partial charge >= 0.3 is 5.63 Å². The lowest BCUT2D eigenvalue weighted by Crippen LogP contribution is -2.10. The van der Waals surface area contributed by atoms with E-state index in [-0.39, 0.29) is 0 Å². The molecule has 1 aliphatic rings. The fraction of sp³-hybridized carbons (Fsp3) is 0.0526. The summed E-state index contributed by atoms with van der Waals surface area (Å²) in [6, 6.07) is 17.2. The van der Waals surface area contributed by atoms with Gasteiger partial charge < -0.3 is 9.15 Å². The van der Waals surface area contributed by atoms with Crippen molar-refractivity contribution in [1.82, 2.24) is 4.98 Å². The number of benzene rings is 2. The molecular formula is C19H11NO3. The van der Waals surface area contributed by atoms with Crippen LogP contribution in [0.4, 0.5) is 0 Å². The monoisotopic (exact) mass is 301 g/mol.